The molecule has 0 radical (unpaired) electrons. The van der Waals surface area contributed by atoms with E-state index < -0.39 is 27.2 Å². The smallest absolute Gasteiger partial charge is 0.243 e. The van der Waals surface area contributed by atoms with Crippen molar-refractivity contribution < 1.29 is 32.1 Å². The molecule has 3 aromatic heterocycles. The van der Waals surface area contributed by atoms with Crippen molar-refractivity contribution in [1.29, 1.82) is 0 Å². The van der Waals surface area contributed by atoms with Crippen molar-refractivity contribution in [3.8, 4) is 34.6 Å². The van der Waals surface area contributed by atoms with Gasteiger partial charge >= 0.3 is 0 Å². The van der Waals surface area contributed by atoms with Crippen molar-refractivity contribution in [2.75, 3.05) is 44.0 Å². The van der Waals surface area contributed by atoms with E-state index in [1.54, 1.807) is 36.4 Å². The summed E-state index contributed by atoms with van der Waals surface area (Å²) in [6.07, 6.45) is 0.872. The van der Waals surface area contributed by atoms with Gasteiger partial charge in [0, 0.05) is 19.2 Å². The highest BCUT2D eigenvalue weighted by atomic mass is 32.2. The number of ether oxygens (including phenoxy) is 3. The number of nitrogens with zero attached hydrogens (tertiary/aromatic N) is 7. The van der Waals surface area contributed by atoms with Crippen LogP contribution in [0.15, 0.2) is 48.8 Å². The molecule has 1 aromatic carbocycles. The van der Waals surface area contributed by atoms with Gasteiger partial charge in [-0.3, -0.25) is 9.29 Å². The molecule has 41 heavy (non-hydrogen) atoms. The molecular formula is C25H27FN8O6S. The van der Waals surface area contributed by atoms with Gasteiger partial charge in [0.15, 0.2) is 11.6 Å². The van der Waals surface area contributed by atoms with Crippen molar-refractivity contribution in [2.45, 2.75) is 17.8 Å². The minimum absolute atomic E-state index is 0.0611. The zero-order valence-corrected chi connectivity index (χ0v) is 23.1. The monoisotopic (exact) mass is 586 g/mol. The Hall–Kier alpha value is -4.57. The van der Waals surface area contributed by atoms with Gasteiger partial charge in [0.25, 0.3) is 0 Å². The van der Waals surface area contributed by atoms with Crippen LogP contribution in [0.2, 0.25) is 0 Å². The number of nitrogens with one attached hydrogen (secondary N) is 1. The summed E-state index contributed by atoms with van der Waals surface area (Å²) in [5.41, 5.74) is 0.660. The maximum absolute atomic E-state index is 13.7. The summed E-state index contributed by atoms with van der Waals surface area (Å²) in [5, 5.41) is 17.8. The summed E-state index contributed by atoms with van der Waals surface area (Å²) in [6, 6.07) is 10.1. The van der Waals surface area contributed by atoms with Gasteiger partial charge in [-0.2, -0.15) is 0 Å². The van der Waals surface area contributed by atoms with Crippen LogP contribution >= 0.6 is 0 Å². The number of halogens is 1. The van der Waals surface area contributed by atoms with E-state index in [0.717, 1.165) is 12.4 Å². The Morgan fingerprint density at radius 1 is 0.976 bits per heavy atom. The van der Waals surface area contributed by atoms with E-state index in [4.69, 9.17) is 14.2 Å². The van der Waals surface area contributed by atoms with Crippen LogP contribution in [0, 0.1) is 5.82 Å². The summed E-state index contributed by atoms with van der Waals surface area (Å²) in [5.74, 6) is 0.475. The van der Waals surface area contributed by atoms with Crippen LogP contribution < -0.4 is 23.8 Å². The first kappa shape index (κ1) is 28.0. The maximum Gasteiger partial charge on any atom is 0.243 e. The quantitative estimate of drug-likeness (QED) is 0.292. The highest BCUT2D eigenvalue weighted by molar-refractivity contribution is 7.93. The number of aromatic nitrogens is 6. The van der Waals surface area contributed by atoms with E-state index in [0.29, 0.717) is 28.8 Å². The molecule has 0 amide bonds. The Kier molecular flexibility index (Phi) is 7.85. The van der Waals surface area contributed by atoms with Gasteiger partial charge in [0.2, 0.25) is 27.8 Å². The number of sulfonamides is 1. The number of para-hydroxylation sites is 1. The van der Waals surface area contributed by atoms with Crippen LogP contribution in [0.3, 0.4) is 0 Å². The number of methoxy groups -OCH3 is 3. The molecule has 5 rings (SSSR count). The first-order valence-corrected chi connectivity index (χ1v) is 13.9. The zero-order valence-electron chi connectivity index (χ0n) is 22.3. The second kappa shape index (κ2) is 11.5. The molecule has 2 atom stereocenters. The molecule has 14 nitrogen and oxygen atoms in total. The molecule has 4 aromatic rings. The number of rotatable bonds is 9. The Morgan fingerprint density at radius 2 is 1.66 bits per heavy atom. The van der Waals surface area contributed by atoms with Crippen molar-refractivity contribution in [3.05, 3.63) is 54.6 Å². The van der Waals surface area contributed by atoms with Gasteiger partial charge in [0.05, 0.1) is 39.8 Å². The zero-order chi connectivity index (χ0) is 29.1. The molecule has 1 fully saturated rings. The molecule has 216 valence electrons. The van der Waals surface area contributed by atoms with Gasteiger partial charge in [-0.1, -0.05) is 12.1 Å². The number of aliphatic hydroxyl groups is 1. The molecule has 0 bridgehead atoms. The van der Waals surface area contributed by atoms with Crippen molar-refractivity contribution in [1.82, 2.24) is 29.7 Å². The topological polar surface area (TPSA) is 167 Å². The molecular weight excluding hydrogens is 559 g/mol. The molecule has 2 N–H and O–H groups in total. The highest BCUT2D eigenvalue weighted by Gasteiger charge is 2.37. The van der Waals surface area contributed by atoms with E-state index in [9.17, 15) is 17.9 Å². The first-order valence-electron chi connectivity index (χ1n) is 12.3. The Morgan fingerprint density at radius 3 is 2.32 bits per heavy atom. The second-order valence-corrected chi connectivity index (χ2v) is 11.0. The van der Waals surface area contributed by atoms with Crippen molar-refractivity contribution in [3.63, 3.8) is 0 Å². The third-order valence-corrected chi connectivity index (χ3v) is 8.09. The van der Waals surface area contributed by atoms with Gasteiger partial charge < -0.3 is 24.2 Å². The molecule has 0 aliphatic carbocycles. The maximum atomic E-state index is 13.7. The Bertz CT molecular complexity index is 1610. The second-order valence-electron chi connectivity index (χ2n) is 9.02. The fourth-order valence-corrected chi connectivity index (χ4v) is 5.93. The summed E-state index contributed by atoms with van der Waals surface area (Å²) >= 11 is 0. The number of pyridine rings is 1. The third-order valence-electron chi connectivity index (χ3n) is 6.40. The molecule has 2 unspecified atom stereocenters. The molecule has 0 spiro atoms. The van der Waals surface area contributed by atoms with Crippen LogP contribution in [-0.2, 0) is 10.0 Å². The average molecular weight is 587 g/mol. The lowest BCUT2D eigenvalue weighted by Crippen LogP contribution is -2.50. The number of benzene rings is 1. The number of hydrogen-bond donors (Lipinski definition) is 2. The summed E-state index contributed by atoms with van der Waals surface area (Å²) in [7, 11) is 0.197. The molecule has 1 aliphatic rings. The molecule has 1 aliphatic heterocycles. The average Bonchev–Trinajstić information content (AvgIpc) is 3.38. The summed E-state index contributed by atoms with van der Waals surface area (Å²) < 4.78 is 61.2. The van der Waals surface area contributed by atoms with E-state index in [1.165, 1.54) is 30.8 Å². The fourth-order valence-electron chi connectivity index (χ4n) is 4.53. The van der Waals surface area contributed by atoms with E-state index in [-0.39, 0.29) is 37.2 Å². The molecule has 1 saturated heterocycles. The van der Waals surface area contributed by atoms with Crippen LogP contribution in [0.1, 0.15) is 6.42 Å². The Balaban J connectivity index is 1.57. The lowest BCUT2D eigenvalue weighted by atomic mass is 10.1. The highest BCUT2D eigenvalue weighted by Crippen LogP contribution is 2.38. The van der Waals surface area contributed by atoms with E-state index in [2.05, 4.69) is 29.9 Å². The molecule has 0 saturated carbocycles. The molecule has 16 heteroatoms. The van der Waals surface area contributed by atoms with Crippen LogP contribution in [-0.4, -0.2) is 89.0 Å². The van der Waals surface area contributed by atoms with Crippen molar-refractivity contribution >= 4 is 21.9 Å². The fraction of sp³-hybridized carbons (Fsp3) is 0.320. The normalized spacial score (nSPS) is 17.2. The van der Waals surface area contributed by atoms with Gasteiger partial charge in [0.1, 0.15) is 28.1 Å². The van der Waals surface area contributed by atoms with E-state index in [1.807, 2.05) is 0 Å². The standard InChI is InChI=1S/C25H27FN8O6S/c1-38-19-7-5-8-20(39-2)22(19)34-23(18-6-4-9-21(29-18)40-3)30-31-25(34)32-41(36,37)17-10-16(35)13-33(14-17)24-27-11-15(26)12-28-24/h4-9,11-12,16-17,35H,10,13-14H2,1-3H3,(H,31,32). The van der Waals surface area contributed by atoms with E-state index >= 15 is 0 Å². The van der Waals surface area contributed by atoms with Crippen LogP contribution in [0.4, 0.5) is 16.3 Å². The third kappa shape index (κ3) is 5.69. The summed E-state index contributed by atoms with van der Waals surface area (Å²) in [6.45, 7) is 0.0202. The van der Waals surface area contributed by atoms with Gasteiger partial charge in [-0.05, 0) is 24.6 Å². The summed E-state index contributed by atoms with van der Waals surface area (Å²) in [4.78, 5) is 13.8. The number of anilines is 2. The lowest BCUT2D eigenvalue weighted by Gasteiger charge is -2.35. The minimum atomic E-state index is -4.20. The lowest BCUT2D eigenvalue weighted by molar-refractivity contribution is 0.154. The van der Waals surface area contributed by atoms with Crippen LogP contribution in [0.25, 0.3) is 17.2 Å². The van der Waals surface area contributed by atoms with Gasteiger partial charge in [-0.15, -0.1) is 10.2 Å². The first-order chi connectivity index (χ1) is 19.7. The SMILES string of the molecule is COc1cccc(-c2nnc(NS(=O)(=O)C3CC(O)CN(c4ncc(F)cn4)C3)n2-c2c(OC)cccc2OC)n1. The Labute approximate surface area is 234 Å². The predicted molar refractivity (Wildman–Crippen MR) is 145 cm³/mol. The van der Waals surface area contributed by atoms with Gasteiger partial charge in [-0.25, -0.2) is 27.8 Å². The van der Waals surface area contributed by atoms with Crippen LogP contribution in [0.5, 0.6) is 17.4 Å². The number of hydrogen-bond acceptors (Lipinski definition) is 12. The van der Waals surface area contributed by atoms with Crippen molar-refractivity contribution in [2.24, 2.45) is 0 Å². The molecule has 4 heterocycles. The number of piperidine rings is 1. The largest absolute Gasteiger partial charge is 0.494 e. The minimum Gasteiger partial charge on any atom is -0.494 e. The number of aliphatic hydroxyl groups excluding tert-OH is 1. The predicted octanol–water partition coefficient (Wildman–Crippen LogP) is 1.67. The number of β-amino-alcohol motifs (C(OH)–C–C–N with tert-alkyl or cyclic N) is 1.